The van der Waals surface area contributed by atoms with Crippen molar-refractivity contribution in [3.63, 3.8) is 0 Å². The predicted molar refractivity (Wildman–Crippen MR) is 82.8 cm³/mol. The van der Waals surface area contributed by atoms with Crippen molar-refractivity contribution in [2.24, 2.45) is 0 Å². The fraction of sp³-hybridized carbons (Fsp3) is 0.400. The maximum absolute atomic E-state index is 12.8. The zero-order valence-electron chi connectivity index (χ0n) is 13.1. The second-order valence-electron chi connectivity index (χ2n) is 5.71. The van der Waals surface area contributed by atoms with Crippen molar-refractivity contribution in [1.29, 1.82) is 0 Å². The van der Waals surface area contributed by atoms with E-state index in [1.165, 1.54) is 0 Å². The Kier molecular flexibility index (Phi) is 3.10. The lowest BCUT2D eigenvalue weighted by Gasteiger charge is -2.27. The number of amides is 1. The lowest BCUT2D eigenvalue weighted by atomic mass is 10.1. The summed E-state index contributed by atoms with van der Waals surface area (Å²) in [5.41, 5.74) is 2.11. The van der Waals surface area contributed by atoms with Gasteiger partial charge in [0.1, 0.15) is 5.82 Å². The molecule has 3 aromatic rings. The molecule has 0 atom stereocenters. The third kappa shape index (κ3) is 2.18. The Hall–Kier alpha value is -2.77. The van der Waals surface area contributed by atoms with E-state index in [2.05, 4.69) is 36.9 Å². The van der Waals surface area contributed by atoms with Gasteiger partial charge >= 0.3 is 0 Å². The van der Waals surface area contributed by atoms with Crippen LogP contribution < -0.4 is 0 Å². The minimum Gasteiger partial charge on any atom is -0.329 e. The molecule has 0 saturated heterocycles. The van der Waals surface area contributed by atoms with Gasteiger partial charge in [0, 0.05) is 36.8 Å². The molecule has 8 nitrogen and oxygen atoms in total. The van der Waals surface area contributed by atoms with Crippen LogP contribution in [0.2, 0.25) is 0 Å². The number of nitrogens with zero attached hydrogens (tertiary/aromatic N) is 6. The van der Waals surface area contributed by atoms with Crippen LogP contribution in [0.1, 0.15) is 34.6 Å². The second kappa shape index (κ2) is 5.15. The quantitative estimate of drug-likeness (QED) is 0.764. The van der Waals surface area contributed by atoms with Gasteiger partial charge in [-0.15, -0.1) is 10.2 Å². The van der Waals surface area contributed by atoms with Crippen molar-refractivity contribution in [2.45, 2.75) is 33.4 Å². The zero-order valence-corrected chi connectivity index (χ0v) is 13.1. The minimum atomic E-state index is -0.0349. The van der Waals surface area contributed by atoms with Gasteiger partial charge in [-0.3, -0.25) is 9.89 Å². The van der Waals surface area contributed by atoms with Crippen LogP contribution in [0.15, 0.2) is 12.3 Å². The summed E-state index contributed by atoms with van der Waals surface area (Å²) in [7, 11) is 0. The van der Waals surface area contributed by atoms with E-state index < -0.39 is 0 Å². The van der Waals surface area contributed by atoms with Crippen molar-refractivity contribution in [2.75, 3.05) is 6.54 Å². The van der Waals surface area contributed by atoms with Crippen molar-refractivity contribution >= 4 is 16.9 Å². The van der Waals surface area contributed by atoms with Crippen molar-refractivity contribution in [3.8, 4) is 0 Å². The van der Waals surface area contributed by atoms with Crippen molar-refractivity contribution in [3.05, 3.63) is 35.2 Å². The summed E-state index contributed by atoms with van der Waals surface area (Å²) in [6.07, 6.45) is 2.43. The predicted octanol–water partition coefficient (Wildman–Crippen LogP) is 1.08. The number of hydrogen-bond acceptors (Lipinski definition) is 5. The van der Waals surface area contributed by atoms with Crippen LogP contribution in [0.5, 0.6) is 0 Å². The Balaban J connectivity index is 1.62. The summed E-state index contributed by atoms with van der Waals surface area (Å²) >= 11 is 0. The molecular formula is C15H17N7O. The fourth-order valence-corrected chi connectivity index (χ4v) is 2.97. The highest BCUT2D eigenvalue weighted by Crippen LogP contribution is 2.19. The number of aryl methyl sites for hydroxylation is 2. The molecule has 0 aliphatic carbocycles. The minimum absolute atomic E-state index is 0.0349. The van der Waals surface area contributed by atoms with Gasteiger partial charge in [-0.1, -0.05) is 6.92 Å². The van der Waals surface area contributed by atoms with Crippen LogP contribution in [-0.2, 0) is 19.5 Å². The molecule has 1 aliphatic rings. The van der Waals surface area contributed by atoms with Crippen LogP contribution in [0.4, 0.5) is 0 Å². The molecule has 3 aromatic heterocycles. The molecule has 0 unspecified atom stereocenters. The number of carbonyl (C=O) groups excluding carboxylic acids is 1. The average Bonchev–Trinajstić information content (AvgIpc) is 3.17. The standard InChI is InChI=1S/C15H17N7O/c1-3-12-18-19-13-8-21(4-5-22(12)13)15(23)10-6-11-9(2)17-20-14(11)16-7-10/h6-7H,3-5,8H2,1-2H3,(H,16,17,20). The molecule has 0 saturated carbocycles. The first-order chi connectivity index (χ1) is 11.2. The third-order valence-corrected chi connectivity index (χ3v) is 4.28. The topological polar surface area (TPSA) is 92.6 Å². The van der Waals surface area contributed by atoms with Crippen molar-refractivity contribution in [1.82, 2.24) is 34.8 Å². The van der Waals surface area contributed by atoms with Gasteiger partial charge in [-0.25, -0.2) is 4.98 Å². The van der Waals surface area contributed by atoms with E-state index in [1.54, 1.807) is 11.1 Å². The summed E-state index contributed by atoms with van der Waals surface area (Å²) in [5, 5.41) is 16.2. The highest BCUT2D eigenvalue weighted by Gasteiger charge is 2.25. The number of hydrogen-bond donors (Lipinski definition) is 1. The van der Waals surface area contributed by atoms with E-state index in [-0.39, 0.29) is 5.91 Å². The zero-order chi connectivity index (χ0) is 16.0. The normalized spacial score (nSPS) is 14.3. The Labute approximate surface area is 132 Å². The van der Waals surface area contributed by atoms with E-state index in [0.29, 0.717) is 24.3 Å². The average molecular weight is 311 g/mol. The molecule has 1 N–H and O–H groups in total. The van der Waals surface area contributed by atoms with Crippen LogP contribution in [0.25, 0.3) is 11.0 Å². The van der Waals surface area contributed by atoms with Gasteiger partial charge in [0.25, 0.3) is 5.91 Å². The molecular weight excluding hydrogens is 294 g/mol. The monoisotopic (exact) mass is 311 g/mol. The highest BCUT2D eigenvalue weighted by atomic mass is 16.2. The summed E-state index contributed by atoms with van der Waals surface area (Å²) in [5.74, 6) is 1.78. The van der Waals surface area contributed by atoms with Crippen molar-refractivity contribution < 1.29 is 4.79 Å². The Bertz CT molecular complexity index is 895. The maximum Gasteiger partial charge on any atom is 0.255 e. The summed E-state index contributed by atoms with van der Waals surface area (Å²) < 4.78 is 2.10. The second-order valence-corrected chi connectivity index (χ2v) is 5.71. The van der Waals surface area contributed by atoms with Crippen LogP contribution in [0.3, 0.4) is 0 Å². The van der Waals surface area contributed by atoms with Crippen LogP contribution in [-0.4, -0.2) is 47.3 Å². The van der Waals surface area contributed by atoms with Gasteiger partial charge in [-0.2, -0.15) is 5.10 Å². The Morgan fingerprint density at radius 3 is 3.04 bits per heavy atom. The summed E-state index contributed by atoms with van der Waals surface area (Å²) in [6, 6.07) is 1.85. The number of carbonyl (C=O) groups is 1. The van der Waals surface area contributed by atoms with Gasteiger partial charge in [0.2, 0.25) is 0 Å². The van der Waals surface area contributed by atoms with E-state index in [9.17, 15) is 4.79 Å². The first-order valence-electron chi connectivity index (χ1n) is 7.68. The van der Waals surface area contributed by atoms with E-state index in [0.717, 1.165) is 35.7 Å². The Morgan fingerprint density at radius 1 is 1.35 bits per heavy atom. The molecule has 8 heteroatoms. The molecule has 0 aromatic carbocycles. The summed E-state index contributed by atoms with van der Waals surface area (Å²) in [6.45, 7) is 5.84. The summed E-state index contributed by atoms with van der Waals surface area (Å²) in [4.78, 5) is 18.8. The molecule has 23 heavy (non-hydrogen) atoms. The van der Waals surface area contributed by atoms with Gasteiger partial charge < -0.3 is 9.47 Å². The highest BCUT2D eigenvalue weighted by molar-refractivity contribution is 5.97. The molecule has 0 radical (unpaired) electrons. The smallest absolute Gasteiger partial charge is 0.255 e. The number of rotatable bonds is 2. The largest absolute Gasteiger partial charge is 0.329 e. The number of fused-ring (bicyclic) bond motifs is 2. The lowest BCUT2D eigenvalue weighted by Crippen LogP contribution is -2.38. The maximum atomic E-state index is 12.8. The number of aromatic nitrogens is 6. The van der Waals surface area contributed by atoms with E-state index in [1.807, 2.05) is 13.0 Å². The van der Waals surface area contributed by atoms with Gasteiger partial charge in [-0.05, 0) is 13.0 Å². The molecule has 118 valence electrons. The molecule has 1 amide bonds. The molecule has 4 rings (SSSR count). The number of aromatic amines is 1. The molecule has 4 heterocycles. The molecule has 1 aliphatic heterocycles. The number of pyridine rings is 1. The van der Waals surface area contributed by atoms with Crippen LogP contribution >= 0.6 is 0 Å². The molecule has 0 spiro atoms. The SMILES string of the molecule is CCc1nnc2n1CCN(C(=O)c1cnc3n[nH]c(C)c3c1)C2. The lowest BCUT2D eigenvalue weighted by molar-refractivity contribution is 0.0706. The Morgan fingerprint density at radius 2 is 2.22 bits per heavy atom. The number of nitrogens with one attached hydrogen (secondary N) is 1. The first kappa shape index (κ1) is 13.9. The van der Waals surface area contributed by atoms with Gasteiger partial charge in [0.05, 0.1) is 12.1 Å². The molecule has 0 bridgehead atoms. The van der Waals surface area contributed by atoms with Crippen LogP contribution in [0, 0.1) is 6.92 Å². The third-order valence-electron chi connectivity index (χ3n) is 4.28. The van der Waals surface area contributed by atoms with E-state index >= 15 is 0 Å². The fourth-order valence-electron chi connectivity index (χ4n) is 2.97. The molecule has 0 fully saturated rings. The van der Waals surface area contributed by atoms with Gasteiger partial charge in [0.15, 0.2) is 11.5 Å². The first-order valence-corrected chi connectivity index (χ1v) is 7.68. The van der Waals surface area contributed by atoms with E-state index in [4.69, 9.17) is 0 Å². The number of H-pyrrole nitrogens is 1.